The molecule has 4 N–H and O–H groups in total. The third kappa shape index (κ3) is 13.4. The lowest BCUT2D eigenvalue weighted by Gasteiger charge is -2.15. The van der Waals surface area contributed by atoms with Crippen LogP contribution in [0.15, 0.2) is 0 Å². The van der Waals surface area contributed by atoms with E-state index in [0.29, 0.717) is 59.2 Å². The third-order valence-electron chi connectivity index (χ3n) is 3.83. The monoisotopic (exact) mass is 477 g/mol. The summed E-state index contributed by atoms with van der Waals surface area (Å²) >= 11 is 0. The quantitative estimate of drug-likeness (QED) is 0.367. The molecule has 0 bridgehead atoms. The molecule has 5 heterocycles. The molecule has 0 unspecified atom stereocenters. The van der Waals surface area contributed by atoms with Gasteiger partial charge in [-0.1, -0.05) is 0 Å². The Morgan fingerprint density at radius 1 is 0.576 bits per heavy atom. The molecule has 15 heteroatoms. The fourth-order valence-corrected chi connectivity index (χ4v) is 2.27. The van der Waals surface area contributed by atoms with E-state index in [0.717, 1.165) is 6.54 Å². The van der Waals surface area contributed by atoms with Crippen LogP contribution in [0.3, 0.4) is 0 Å². The van der Waals surface area contributed by atoms with Crippen molar-refractivity contribution in [2.45, 2.75) is 19.9 Å². The second-order valence-corrected chi connectivity index (χ2v) is 6.65. The van der Waals surface area contributed by atoms with E-state index in [1.54, 1.807) is 4.90 Å². The van der Waals surface area contributed by atoms with Crippen molar-refractivity contribution in [3.8, 4) is 0 Å². The number of hydrogen-bond acceptors (Lipinski definition) is 10. The summed E-state index contributed by atoms with van der Waals surface area (Å²) in [6, 6.07) is 0.278. The highest BCUT2D eigenvalue weighted by atomic mass is 16.6. The van der Waals surface area contributed by atoms with Crippen molar-refractivity contribution in [2.75, 3.05) is 65.8 Å². The Morgan fingerprint density at radius 3 is 1.00 bits per heavy atom. The van der Waals surface area contributed by atoms with Crippen molar-refractivity contribution in [1.29, 1.82) is 0 Å². The largest absolute Gasteiger partial charge is 0.448 e. The first kappa shape index (κ1) is 27.4. The molecule has 5 amide bonds. The first-order valence-corrected chi connectivity index (χ1v) is 10.4. The van der Waals surface area contributed by atoms with Crippen molar-refractivity contribution >= 4 is 30.5 Å². The van der Waals surface area contributed by atoms with Gasteiger partial charge in [-0.05, 0) is 13.8 Å². The van der Waals surface area contributed by atoms with Crippen molar-refractivity contribution in [1.82, 2.24) is 26.2 Å². The zero-order valence-corrected chi connectivity index (χ0v) is 18.7. The van der Waals surface area contributed by atoms with Crippen molar-refractivity contribution < 1.29 is 47.7 Å². The van der Waals surface area contributed by atoms with Crippen LogP contribution in [0.5, 0.6) is 0 Å². The molecule has 0 saturated carbocycles. The van der Waals surface area contributed by atoms with Gasteiger partial charge in [-0.15, -0.1) is 0 Å². The normalized spacial score (nSPS) is 19.5. The molecular formula is C18H31N5O10. The highest BCUT2D eigenvalue weighted by Gasteiger charge is 2.23. The molecule has 0 aliphatic carbocycles. The Bertz CT molecular complexity index is 549. The first-order valence-electron chi connectivity index (χ1n) is 10.4. The maximum atomic E-state index is 10.7. The molecule has 0 radical (unpaired) electrons. The molecular weight excluding hydrogens is 446 g/mol. The van der Waals surface area contributed by atoms with Gasteiger partial charge in [0.05, 0.1) is 32.7 Å². The Hall–Kier alpha value is -3.65. The van der Waals surface area contributed by atoms with Gasteiger partial charge in [-0.3, -0.25) is 0 Å². The van der Waals surface area contributed by atoms with Crippen molar-refractivity contribution in [2.24, 2.45) is 0 Å². The summed E-state index contributed by atoms with van der Waals surface area (Å²) in [6.45, 7) is 10.0. The minimum atomic E-state index is -0.296. The molecule has 0 spiro atoms. The van der Waals surface area contributed by atoms with E-state index in [2.05, 4.69) is 40.2 Å². The number of amides is 5. The second-order valence-electron chi connectivity index (χ2n) is 6.65. The fraction of sp³-hybridized carbons (Fsp3) is 0.722. The van der Waals surface area contributed by atoms with E-state index in [1.807, 2.05) is 13.8 Å². The molecule has 0 aromatic carbocycles. The number of ether oxygens (including phenoxy) is 5. The minimum Gasteiger partial charge on any atom is -0.448 e. The predicted octanol–water partition coefficient (Wildman–Crippen LogP) is -0.248. The lowest BCUT2D eigenvalue weighted by molar-refractivity contribution is 0.152. The number of carbonyl (C=O) groups is 5. The van der Waals surface area contributed by atoms with E-state index >= 15 is 0 Å². The summed E-state index contributed by atoms with van der Waals surface area (Å²) in [4.78, 5) is 52.1. The number of carbonyl (C=O) groups excluding carboxylic acids is 5. The zero-order chi connectivity index (χ0) is 24.5. The second kappa shape index (κ2) is 16.0. The predicted molar refractivity (Wildman–Crippen MR) is 111 cm³/mol. The third-order valence-corrected chi connectivity index (χ3v) is 3.83. The Balaban J connectivity index is 0.000000209. The Morgan fingerprint density at radius 2 is 0.909 bits per heavy atom. The van der Waals surface area contributed by atoms with Gasteiger partial charge in [-0.25, -0.2) is 24.0 Å². The van der Waals surface area contributed by atoms with Crippen LogP contribution in [0.2, 0.25) is 0 Å². The Labute approximate surface area is 190 Å². The van der Waals surface area contributed by atoms with E-state index < -0.39 is 0 Å². The topological polar surface area (TPSA) is 183 Å². The molecule has 0 atom stereocenters. The van der Waals surface area contributed by atoms with Crippen molar-refractivity contribution in [3.05, 3.63) is 0 Å². The van der Waals surface area contributed by atoms with Gasteiger partial charge in [0.25, 0.3) is 0 Å². The number of rotatable bonds is 1. The molecule has 15 nitrogen and oxygen atoms in total. The van der Waals surface area contributed by atoms with Gasteiger partial charge in [0, 0.05) is 6.04 Å². The van der Waals surface area contributed by atoms with Crippen LogP contribution in [0.4, 0.5) is 24.0 Å². The zero-order valence-electron chi connectivity index (χ0n) is 18.7. The van der Waals surface area contributed by atoms with E-state index in [1.165, 1.54) is 0 Å². The number of cyclic esters (lactones) is 5. The smallest absolute Gasteiger partial charge is 0.410 e. The molecule has 5 fully saturated rings. The van der Waals surface area contributed by atoms with Gasteiger partial charge < -0.3 is 49.9 Å². The lowest BCUT2D eigenvalue weighted by Crippen LogP contribution is -2.31. The van der Waals surface area contributed by atoms with Crippen LogP contribution >= 0.6 is 0 Å². The van der Waals surface area contributed by atoms with E-state index in [9.17, 15) is 24.0 Å². The number of nitrogens with one attached hydrogen (secondary N) is 4. The average molecular weight is 477 g/mol. The van der Waals surface area contributed by atoms with Gasteiger partial charge >= 0.3 is 30.5 Å². The van der Waals surface area contributed by atoms with Crippen LogP contribution < -0.4 is 21.3 Å². The molecule has 5 aliphatic heterocycles. The highest BCUT2D eigenvalue weighted by Crippen LogP contribution is 2.06. The van der Waals surface area contributed by atoms with Gasteiger partial charge in [0.15, 0.2) is 0 Å². The summed E-state index contributed by atoms with van der Waals surface area (Å²) < 4.78 is 22.3. The summed E-state index contributed by atoms with van der Waals surface area (Å²) in [5.74, 6) is 0. The maximum absolute atomic E-state index is 10.7. The summed E-state index contributed by atoms with van der Waals surface area (Å²) in [5.41, 5.74) is 0. The first-order chi connectivity index (χ1) is 15.8. The standard InChI is InChI=1S/C6H11NO2.4C3H5NO2/c1-5(2)7-3-4-9-6(7)8;4*5-3-4-1-2-6-3/h5H,3-4H2,1-2H3;4*1-2H2,(H,4,5). The Kier molecular flexibility index (Phi) is 13.3. The molecule has 5 rings (SSSR count). The molecule has 188 valence electrons. The number of hydrogen-bond donors (Lipinski definition) is 4. The van der Waals surface area contributed by atoms with E-state index in [4.69, 9.17) is 4.74 Å². The molecule has 5 saturated heterocycles. The summed E-state index contributed by atoms with van der Waals surface area (Å²) in [6.07, 6.45) is -1.36. The SMILES string of the molecule is CC(C)N1CCOC1=O.O=C1NCCO1.O=C1NCCO1.O=C1NCCO1.O=C1NCCO1. The lowest BCUT2D eigenvalue weighted by atomic mass is 10.3. The van der Waals surface area contributed by atoms with Crippen LogP contribution in [-0.2, 0) is 23.7 Å². The van der Waals surface area contributed by atoms with Crippen LogP contribution in [-0.4, -0.2) is 107 Å². The summed E-state index contributed by atoms with van der Waals surface area (Å²) in [7, 11) is 0. The van der Waals surface area contributed by atoms with Gasteiger partial charge in [0.1, 0.15) is 33.0 Å². The van der Waals surface area contributed by atoms with E-state index in [-0.39, 0.29) is 36.5 Å². The molecule has 33 heavy (non-hydrogen) atoms. The minimum absolute atomic E-state index is 0.176. The molecule has 5 aliphatic rings. The highest BCUT2D eigenvalue weighted by molar-refractivity contribution is 5.70. The fourth-order valence-electron chi connectivity index (χ4n) is 2.27. The van der Waals surface area contributed by atoms with Crippen LogP contribution in [0, 0.1) is 0 Å². The summed E-state index contributed by atoms with van der Waals surface area (Å²) in [5, 5.41) is 9.83. The van der Waals surface area contributed by atoms with Crippen molar-refractivity contribution in [3.63, 3.8) is 0 Å². The molecule has 0 aromatic rings. The molecule has 0 aromatic heterocycles. The maximum Gasteiger partial charge on any atom is 0.410 e. The number of nitrogens with zero attached hydrogens (tertiary/aromatic N) is 1. The average Bonchev–Trinajstić information content (AvgIpc) is 3.56. The number of alkyl carbamates (subject to hydrolysis) is 4. The van der Waals surface area contributed by atoms with Gasteiger partial charge in [0.2, 0.25) is 0 Å². The van der Waals surface area contributed by atoms with Crippen LogP contribution in [0.25, 0.3) is 0 Å². The van der Waals surface area contributed by atoms with Crippen LogP contribution in [0.1, 0.15) is 13.8 Å². The van der Waals surface area contributed by atoms with Gasteiger partial charge in [-0.2, -0.15) is 0 Å².